The van der Waals surface area contributed by atoms with Crippen LogP contribution in [0.2, 0.25) is 5.02 Å². The molecule has 0 bridgehead atoms. The van der Waals surface area contributed by atoms with E-state index in [0.29, 0.717) is 27.4 Å². The second-order valence-corrected chi connectivity index (χ2v) is 8.77. The molecule has 1 aliphatic heterocycles. The van der Waals surface area contributed by atoms with E-state index < -0.39 is 32.0 Å². The van der Waals surface area contributed by atoms with E-state index in [-0.39, 0.29) is 5.69 Å². The van der Waals surface area contributed by atoms with Crippen molar-refractivity contribution in [3.8, 4) is 11.9 Å². The second kappa shape index (κ2) is 8.83. The summed E-state index contributed by atoms with van der Waals surface area (Å²) in [6.07, 6.45) is 3.08. The molecule has 4 N–H and O–H groups in total. The summed E-state index contributed by atoms with van der Waals surface area (Å²) >= 11 is 5.99. The van der Waals surface area contributed by atoms with Gasteiger partial charge < -0.3 is 19.9 Å². The quantitative estimate of drug-likeness (QED) is 0.388. The number of benzene rings is 2. The molecule has 33 heavy (non-hydrogen) atoms. The van der Waals surface area contributed by atoms with Crippen molar-refractivity contribution >= 4 is 43.0 Å². The van der Waals surface area contributed by atoms with Crippen molar-refractivity contribution in [1.29, 1.82) is 5.26 Å². The summed E-state index contributed by atoms with van der Waals surface area (Å²) in [6.45, 7) is -0.611. The van der Waals surface area contributed by atoms with Crippen LogP contribution in [-0.4, -0.2) is 37.3 Å². The summed E-state index contributed by atoms with van der Waals surface area (Å²) in [7, 11) is -4.86. The van der Waals surface area contributed by atoms with E-state index in [2.05, 4.69) is 14.5 Å². The number of nitrogens with one attached hydrogen (secondary N) is 1. The van der Waals surface area contributed by atoms with Crippen molar-refractivity contribution in [2.45, 2.75) is 6.04 Å². The first-order valence-corrected chi connectivity index (χ1v) is 11.4. The lowest BCUT2D eigenvalue weighted by atomic mass is 10.1. The van der Waals surface area contributed by atoms with Crippen LogP contribution in [0.5, 0.6) is 5.88 Å². The SMILES string of the molecule is N#Cc1ccc([C@@H](COP(=O)(O)O)n2c(O)c(/C=C3\C=Nc4cc(Cl)ccc43)[nH]c2=O)cc1. The summed E-state index contributed by atoms with van der Waals surface area (Å²) in [5.74, 6) is -0.466. The van der Waals surface area contributed by atoms with Gasteiger partial charge in [-0.3, -0.25) is 14.1 Å². The van der Waals surface area contributed by atoms with Gasteiger partial charge in [0.2, 0.25) is 5.88 Å². The van der Waals surface area contributed by atoms with Gasteiger partial charge in [-0.15, -0.1) is 0 Å². The highest BCUT2D eigenvalue weighted by molar-refractivity contribution is 7.46. The summed E-state index contributed by atoms with van der Waals surface area (Å²) in [5, 5.41) is 20.4. The first-order valence-electron chi connectivity index (χ1n) is 9.45. The number of phosphoric ester groups is 1. The third-order valence-corrected chi connectivity index (χ3v) is 5.70. The summed E-state index contributed by atoms with van der Waals surface area (Å²) in [4.78, 5) is 37.8. The highest BCUT2D eigenvalue weighted by Crippen LogP contribution is 2.39. The number of aliphatic imine (C=N–C) groups is 1. The van der Waals surface area contributed by atoms with Crippen LogP contribution in [0.1, 0.15) is 28.4 Å². The Labute approximate surface area is 191 Å². The number of imidazole rings is 1. The van der Waals surface area contributed by atoms with Crippen LogP contribution in [0.4, 0.5) is 5.69 Å². The maximum atomic E-state index is 12.8. The summed E-state index contributed by atoms with van der Waals surface area (Å²) in [6, 6.07) is 12.0. The first-order chi connectivity index (χ1) is 15.7. The molecular weight excluding hydrogens is 471 g/mol. The molecule has 2 aromatic carbocycles. The lowest BCUT2D eigenvalue weighted by Gasteiger charge is -2.19. The molecule has 1 atom stereocenters. The number of hydrogen-bond donors (Lipinski definition) is 4. The molecule has 0 saturated heterocycles. The van der Waals surface area contributed by atoms with Gasteiger partial charge in [-0.05, 0) is 35.9 Å². The number of nitrogens with zero attached hydrogens (tertiary/aromatic N) is 3. The fraction of sp³-hybridized carbons (Fsp3) is 0.0952. The lowest BCUT2D eigenvalue weighted by molar-refractivity contribution is 0.175. The van der Waals surface area contributed by atoms with Crippen LogP contribution in [0.25, 0.3) is 11.6 Å². The zero-order valence-electron chi connectivity index (χ0n) is 16.7. The van der Waals surface area contributed by atoms with Gasteiger partial charge in [-0.2, -0.15) is 5.26 Å². The molecule has 0 spiro atoms. The maximum Gasteiger partial charge on any atom is 0.469 e. The van der Waals surface area contributed by atoms with E-state index in [1.54, 1.807) is 24.4 Å². The number of H-pyrrole nitrogens is 1. The number of fused-ring (bicyclic) bond motifs is 1. The molecule has 0 fully saturated rings. The highest BCUT2D eigenvalue weighted by Gasteiger charge is 2.26. The summed E-state index contributed by atoms with van der Waals surface area (Å²) in [5.41, 5.74) is 2.09. The average Bonchev–Trinajstić information content (AvgIpc) is 3.28. The molecule has 1 aliphatic rings. The Morgan fingerprint density at radius 3 is 2.67 bits per heavy atom. The minimum Gasteiger partial charge on any atom is -0.493 e. The molecule has 0 saturated carbocycles. The molecule has 0 amide bonds. The van der Waals surface area contributed by atoms with Gasteiger partial charge >= 0.3 is 13.5 Å². The monoisotopic (exact) mass is 486 g/mol. The fourth-order valence-corrected chi connectivity index (χ4v) is 3.95. The molecule has 12 heteroatoms. The number of halogens is 1. The fourth-order valence-electron chi connectivity index (χ4n) is 3.45. The van der Waals surface area contributed by atoms with Crippen LogP contribution < -0.4 is 5.69 Å². The molecule has 1 aromatic heterocycles. The van der Waals surface area contributed by atoms with Gasteiger partial charge in [-0.1, -0.05) is 29.8 Å². The molecule has 0 unspecified atom stereocenters. The Morgan fingerprint density at radius 2 is 2.00 bits per heavy atom. The zero-order chi connectivity index (χ0) is 23.8. The standard InChI is InChI=1S/C21H16ClN4O6P/c22-15-5-6-16-14(10-24-17(16)8-15)7-18-20(27)26(21(28)25-18)19(11-32-33(29,30)31)13-3-1-12(9-23)2-4-13/h1-8,10,19,27H,11H2,(H,25,28)(H2,29,30,31)/b14-7+/t19-/m1/s1. The number of nitriles is 1. The molecule has 10 nitrogen and oxygen atoms in total. The predicted molar refractivity (Wildman–Crippen MR) is 121 cm³/mol. The van der Waals surface area contributed by atoms with Crippen LogP contribution in [-0.2, 0) is 9.09 Å². The average molecular weight is 487 g/mol. The molecule has 3 aromatic rings. The highest BCUT2D eigenvalue weighted by atomic mass is 35.5. The zero-order valence-corrected chi connectivity index (χ0v) is 18.4. The van der Waals surface area contributed by atoms with Crippen molar-refractivity contribution in [2.24, 2.45) is 4.99 Å². The number of phosphoric acid groups is 1. The molecule has 4 rings (SSSR count). The second-order valence-electron chi connectivity index (χ2n) is 7.09. The minimum atomic E-state index is -4.86. The van der Waals surface area contributed by atoms with Crippen LogP contribution in [0.15, 0.2) is 52.3 Å². The smallest absolute Gasteiger partial charge is 0.469 e. The topological polar surface area (TPSA) is 161 Å². The van der Waals surface area contributed by atoms with E-state index in [1.165, 1.54) is 30.3 Å². The van der Waals surface area contributed by atoms with Gasteiger partial charge in [-0.25, -0.2) is 9.36 Å². The minimum absolute atomic E-state index is 0.0686. The molecule has 0 radical (unpaired) electrons. The summed E-state index contributed by atoms with van der Waals surface area (Å²) < 4.78 is 16.8. The van der Waals surface area contributed by atoms with Crippen LogP contribution in [0, 0.1) is 11.3 Å². The molecule has 2 heterocycles. The molecule has 0 aliphatic carbocycles. The van der Waals surface area contributed by atoms with E-state index >= 15 is 0 Å². The normalized spacial score (nSPS) is 14.9. The Morgan fingerprint density at radius 1 is 1.27 bits per heavy atom. The van der Waals surface area contributed by atoms with Crippen molar-refractivity contribution in [1.82, 2.24) is 9.55 Å². The van der Waals surface area contributed by atoms with E-state index in [0.717, 1.165) is 10.1 Å². The van der Waals surface area contributed by atoms with Crippen molar-refractivity contribution < 1.29 is 24.0 Å². The predicted octanol–water partition coefficient (Wildman–Crippen LogP) is 3.36. The third-order valence-electron chi connectivity index (χ3n) is 4.98. The van der Waals surface area contributed by atoms with Gasteiger partial charge in [0.05, 0.1) is 30.0 Å². The van der Waals surface area contributed by atoms with Gasteiger partial charge in [0, 0.05) is 22.4 Å². The maximum absolute atomic E-state index is 12.8. The first kappa shape index (κ1) is 22.7. The largest absolute Gasteiger partial charge is 0.493 e. The van der Waals surface area contributed by atoms with Crippen LogP contribution in [0.3, 0.4) is 0 Å². The number of allylic oxidation sites excluding steroid dienone is 1. The van der Waals surface area contributed by atoms with Crippen molar-refractivity contribution in [3.05, 3.63) is 80.4 Å². The number of rotatable bonds is 6. The number of aromatic hydroxyl groups is 1. The molecular formula is C21H16ClN4O6P. The van der Waals surface area contributed by atoms with Crippen molar-refractivity contribution in [3.63, 3.8) is 0 Å². The van der Waals surface area contributed by atoms with E-state index in [9.17, 15) is 14.5 Å². The van der Waals surface area contributed by atoms with Crippen molar-refractivity contribution in [2.75, 3.05) is 6.61 Å². The van der Waals surface area contributed by atoms with Gasteiger partial charge in [0.25, 0.3) is 0 Å². The van der Waals surface area contributed by atoms with E-state index in [1.807, 2.05) is 6.07 Å². The lowest BCUT2D eigenvalue weighted by Crippen LogP contribution is -2.26. The third kappa shape index (κ3) is 4.83. The Balaban J connectivity index is 1.76. The van der Waals surface area contributed by atoms with Gasteiger partial charge in [0.15, 0.2) is 0 Å². The number of aromatic amines is 1. The molecule has 168 valence electrons. The van der Waals surface area contributed by atoms with E-state index in [4.69, 9.17) is 26.6 Å². The Kier molecular flexibility index (Phi) is 6.08. The van der Waals surface area contributed by atoms with Gasteiger partial charge in [0.1, 0.15) is 5.69 Å². The Hall–Kier alpha value is -3.45. The number of aromatic nitrogens is 2. The van der Waals surface area contributed by atoms with Crippen LogP contribution >= 0.6 is 19.4 Å². The number of hydrogen-bond acceptors (Lipinski definition) is 6. The Bertz CT molecular complexity index is 1430.